The smallest absolute Gasteiger partial charge is 0.148 e. The standard InChI is InChI=1S/C21H25FN4S/c1-15-12-18(16(2)27-15)21-17(13-25-10-8-24(3)9-11-25)14-26(23-21)20-7-5-4-6-19(20)22/h4-7,12,14H,8-11,13H2,1-3H3. The Labute approximate surface area is 163 Å². The molecule has 1 aromatic carbocycles. The zero-order valence-electron chi connectivity index (χ0n) is 16.1. The van der Waals surface area contributed by atoms with Crippen LogP contribution in [0, 0.1) is 19.7 Å². The maximum absolute atomic E-state index is 14.3. The molecule has 1 fully saturated rings. The number of halogens is 1. The second kappa shape index (κ2) is 7.54. The van der Waals surface area contributed by atoms with E-state index in [-0.39, 0.29) is 5.82 Å². The van der Waals surface area contributed by atoms with Crippen LogP contribution in [0.3, 0.4) is 0 Å². The predicted octanol–water partition coefficient (Wildman–Crippen LogP) is 4.10. The lowest BCUT2D eigenvalue weighted by molar-refractivity contribution is 0.148. The van der Waals surface area contributed by atoms with Gasteiger partial charge in [0, 0.05) is 59.8 Å². The summed E-state index contributed by atoms with van der Waals surface area (Å²) < 4.78 is 16.0. The van der Waals surface area contributed by atoms with Gasteiger partial charge in [-0.1, -0.05) is 12.1 Å². The van der Waals surface area contributed by atoms with Crippen molar-refractivity contribution in [1.82, 2.24) is 19.6 Å². The molecule has 1 aliphatic heterocycles. The van der Waals surface area contributed by atoms with Crippen molar-refractivity contribution in [3.63, 3.8) is 0 Å². The topological polar surface area (TPSA) is 24.3 Å². The average Bonchev–Trinajstić information content (AvgIpc) is 3.20. The first-order chi connectivity index (χ1) is 13.0. The van der Waals surface area contributed by atoms with Crippen molar-refractivity contribution in [2.75, 3.05) is 33.2 Å². The Bertz CT molecular complexity index is 938. The second-order valence-corrected chi connectivity index (χ2v) is 8.77. The summed E-state index contributed by atoms with van der Waals surface area (Å²) in [6.07, 6.45) is 2.00. The van der Waals surface area contributed by atoms with Crippen LogP contribution in [0.1, 0.15) is 15.3 Å². The zero-order chi connectivity index (χ0) is 19.0. The second-order valence-electron chi connectivity index (χ2n) is 7.31. The number of rotatable bonds is 4. The maximum atomic E-state index is 14.3. The molecule has 0 atom stereocenters. The molecular weight excluding hydrogens is 359 g/mol. The van der Waals surface area contributed by atoms with Crippen molar-refractivity contribution < 1.29 is 4.39 Å². The molecule has 27 heavy (non-hydrogen) atoms. The van der Waals surface area contributed by atoms with Gasteiger partial charge >= 0.3 is 0 Å². The Kier molecular flexibility index (Phi) is 5.12. The Morgan fingerprint density at radius 1 is 1.11 bits per heavy atom. The van der Waals surface area contributed by atoms with E-state index >= 15 is 0 Å². The number of aryl methyl sites for hydroxylation is 2. The molecule has 0 spiro atoms. The van der Waals surface area contributed by atoms with Crippen LogP contribution in [0.4, 0.5) is 4.39 Å². The van der Waals surface area contributed by atoms with Crippen LogP contribution in [0.25, 0.3) is 16.9 Å². The van der Waals surface area contributed by atoms with Crippen LogP contribution in [-0.4, -0.2) is 52.8 Å². The van der Waals surface area contributed by atoms with Crippen LogP contribution in [0.2, 0.25) is 0 Å². The lowest BCUT2D eigenvalue weighted by Gasteiger charge is -2.32. The number of piperazine rings is 1. The molecule has 2 aromatic heterocycles. The van der Waals surface area contributed by atoms with Crippen molar-refractivity contribution in [1.29, 1.82) is 0 Å². The number of thiophene rings is 1. The van der Waals surface area contributed by atoms with Crippen molar-refractivity contribution in [2.24, 2.45) is 0 Å². The van der Waals surface area contributed by atoms with Gasteiger partial charge in [0.1, 0.15) is 11.5 Å². The van der Waals surface area contributed by atoms with Crippen molar-refractivity contribution in [3.8, 4) is 16.9 Å². The first kappa shape index (κ1) is 18.3. The minimum Gasteiger partial charge on any atom is -0.304 e. The summed E-state index contributed by atoms with van der Waals surface area (Å²) >= 11 is 1.78. The normalized spacial score (nSPS) is 16.1. The number of benzene rings is 1. The highest BCUT2D eigenvalue weighted by atomic mass is 32.1. The third-order valence-corrected chi connectivity index (χ3v) is 6.14. The van der Waals surface area contributed by atoms with Gasteiger partial charge in [0.25, 0.3) is 0 Å². The molecule has 1 saturated heterocycles. The summed E-state index contributed by atoms with van der Waals surface area (Å²) in [6, 6.07) is 9.01. The van der Waals surface area contributed by atoms with Crippen molar-refractivity contribution in [2.45, 2.75) is 20.4 Å². The molecule has 4 nitrogen and oxygen atoms in total. The first-order valence-corrected chi connectivity index (χ1v) is 10.1. The highest BCUT2D eigenvalue weighted by Crippen LogP contribution is 2.33. The van der Waals surface area contributed by atoms with Crippen LogP contribution < -0.4 is 0 Å². The molecule has 0 saturated carbocycles. The summed E-state index contributed by atoms with van der Waals surface area (Å²) in [5, 5.41) is 4.81. The third-order valence-electron chi connectivity index (χ3n) is 5.18. The van der Waals surface area contributed by atoms with Crippen molar-refractivity contribution >= 4 is 11.3 Å². The van der Waals surface area contributed by atoms with Gasteiger partial charge in [0.2, 0.25) is 0 Å². The molecule has 3 aromatic rings. The van der Waals surface area contributed by atoms with E-state index < -0.39 is 0 Å². The number of nitrogens with zero attached hydrogens (tertiary/aromatic N) is 4. The maximum Gasteiger partial charge on any atom is 0.148 e. The SMILES string of the molecule is Cc1cc(-c2nn(-c3ccccc3F)cc2CN2CCN(C)CC2)c(C)s1. The van der Waals surface area contributed by atoms with Gasteiger partial charge in [-0.15, -0.1) is 11.3 Å². The number of aromatic nitrogens is 2. The molecule has 0 N–H and O–H groups in total. The van der Waals surface area contributed by atoms with Crippen molar-refractivity contribution in [3.05, 3.63) is 57.7 Å². The predicted molar refractivity (Wildman–Crippen MR) is 109 cm³/mol. The van der Waals surface area contributed by atoms with E-state index in [0.717, 1.165) is 49.5 Å². The molecular formula is C21H25FN4S. The summed E-state index contributed by atoms with van der Waals surface area (Å²) in [4.78, 5) is 7.34. The fraction of sp³-hybridized carbons (Fsp3) is 0.381. The molecule has 0 radical (unpaired) electrons. The summed E-state index contributed by atoms with van der Waals surface area (Å²) in [5.41, 5.74) is 3.78. The largest absolute Gasteiger partial charge is 0.304 e. The molecule has 0 bridgehead atoms. The number of hydrogen-bond donors (Lipinski definition) is 0. The Morgan fingerprint density at radius 2 is 1.85 bits per heavy atom. The number of hydrogen-bond acceptors (Lipinski definition) is 4. The fourth-order valence-corrected chi connectivity index (χ4v) is 4.55. The Balaban J connectivity index is 1.73. The van der Waals surface area contributed by atoms with Gasteiger partial charge < -0.3 is 4.90 Å². The summed E-state index contributed by atoms with van der Waals surface area (Å²) in [6.45, 7) is 9.33. The molecule has 0 unspecified atom stereocenters. The first-order valence-electron chi connectivity index (χ1n) is 9.33. The molecule has 0 amide bonds. The number of para-hydroxylation sites is 1. The number of likely N-dealkylation sites (N-methyl/N-ethyl adjacent to an activating group) is 1. The molecule has 6 heteroatoms. The highest BCUT2D eigenvalue weighted by molar-refractivity contribution is 7.12. The van der Waals surface area contributed by atoms with Gasteiger partial charge in [-0.05, 0) is 39.1 Å². The van der Waals surface area contributed by atoms with E-state index in [1.54, 1.807) is 28.2 Å². The minimum absolute atomic E-state index is 0.254. The van der Waals surface area contributed by atoms with Crippen LogP contribution >= 0.6 is 11.3 Å². The van der Waals surface area contributed by atoms with Gasteiger partial charge in [0.15, 0.2) is 0 Å². The average molecular weight is 385 g/mol. The molecule has 1 aliphatic rings. The van der Waals surface area contributed by atoms with Gasteiger partial charge in [-0.25, -0.2) is 9.07 Å². The van der Waals surface area contributed by atoms with Gasteiger partial charge in [-0.3, -0.25) is 4.90 Å². The third kappa shape index (κ3) is 3.83. The molecule has 0 aliphatic carbocycles. The lowest BCUT2D eigenvalue weighted by Crippen LogP contribution is -2.43. The molecule has 4 rings (SSSR count). The van der Waals surface area contributed by atoms with E-state index in [1.165, 1.54) is 15.8 Å². The Hall–Kier alpha value is -2.02. The Morgan fingerprint density at radius 3 is 2.52 bits per heavy atom. The highest BCUT2D eigenvalue weighted by Gasteiger charge is 2.21. The monoisotopic (exact) mass is 384 g/mol. The van der Waals surface area contributed by atoms with E-state index in [9.17, 15) is 4.39 Å². The summed E-state index contributed by atoms with van der Waals surface area (Å²) in [7, 11) is 2.16. The zero-order valence-corrected chi connectivity index (χ0v) is 16.9. The van der Waals surface area contributed by atoms with E-state index in [0.29, 0.717) is 5.69 Å². The van der Waals surface area contributed by atoms with E-state index in [2.05, 4.69) is 36.8 Å². The molecule has 142 valence electrons. The van der Waals surface area contributed by atoms with E-state index in [1.807, 2.05) is 12.3 Å². The van der Waals surface area contributed by atoms with Gasteiger partial charge in [0.05, 0.1) is 5.69 Å². The fourth-order valence-electron chi connectivity index (χ4n) is 3.63. The minimum atomic E-state index is -0.254. The lowest BCUT2D eigenvalue weighted by atomic mass is 10.1. The van der Waals surface area contributed by atoms with Crippen LogP contribution in [-0.2, 0) is 6.54 Å². The van der Waals surface area contributed by atoms with Crippen LogP contribution in [0.5, 0.6) is 0 Å². The molecule has 3 heterocycles. The quantitative estimate of drug-likeness (QED) is 0.677. The summed E-state index contributed by atoms with van der Waals surface area (Å²) in [5.74, 6) is -0.254. The van der Waals surface area contributed by atoms with Gasteiger partial charge in [-0.2, -0.15) is 5.10 Å². The van der Waals surface area contributed by atoms with Crippen LogP contribution in [0.15, 0.2) is 36.5 Å². The van der Waals surface area contributed by atoms with E-state index in [4.69, 9.17) is 5.10 Å².